The fraction of sp³-hybridized carbons (Fsp3) is 0.483. The molecule has 42 heavy (non-hydrogen) atoms. The molecule has 5 rings (SSSR count). The number of carbonyl (C=O) groups excluding carboxylic acids is 1. The van der Waals surface area contributed by atoms with Gasteiger partial charge >= 0.3 is 0 Å². The normalized spacial score (nSPS) is 19.2. The highest BCUT2D eigenvalue weighted by Gasteiger charge is 2.49. The van der Waals surface area contributed by atoms with Gasteiger partial charge < -0.3 is 20.3 Å². The lowest BCUT2D eigenvalue weighted by Gasteiger charge is -2.41. The summed E-state index contributed by atoms with van der Waals surface area (Å²) in [5, 5.41) is 15.1. The Morgan fingerprint density at radius 2 is 2.00 bits per heavy atom. The summed E-state index contributed by atoms with van der Waals surface area (Å²) >= 11 is 1.32. The zero-order valence-corrected chi connectivity index (χ0v) is 24.6. The Hall–Kier alpha value is -3.74. The quantitative estimate of drug-likeness (QED) is 0.303. The molecule has 1 saturated heterocycles. The molecule has 1 saturated carbocycles. The van der Waals surface area contributed by atoms with Crippen LogP contribution in [0.1, 0.15) is 57.0 Å². The number of anilines is 1. The number of aromatic nitrogens is 4. The van der Waals surface area contributed by atoms with E-state index < -0.39 is 36.4 Å². The van der Waals surface area contributed by atoms with E-state index in [4.69, 9.17) is 4.74 Å². The second kappa shape index (κ2) is 11.5. The zero-order valence-electron chi connectivity index (χ0n) is 23.8. The lowest BCUT2D eigenvalue weighted by Crippen LogP contribution is -2.43. The van der Waals surface area contributed by atoms with E-state index in [1.165, 1.54) is 22.3 Å². The number of nitrogens with zero attached hydrogens (tertiary/aromatic N) is 5. The van der Waals surface area contributed by atoms with Crippen molar-refractivity contribution in [3.8, 4) is 10.7 Å². The third-order valence-electron chi connectivity index (χ3n) is 7.37. The number of ether oxygens (including phenoxy) is 1. The van der Waals surface area contributed by atoms with E-state index in [0.717, 1.165) is 24.1 Å². The minimum Gasteiger partial charge on any atom is -0.474 e. The molecule has 1 amide bonds. The van der Waals surface area contributed by atoms with Crippen LogP contribution in [0, 0.1) is 5.82 Å². The average molecular weight is 602 g/mol. The van der Waals surface area contributed by atoms with Crippen molar-refractivity contribution in [3.05, 3.63) is 65.5 Å². The van der Waals surface area contributed by atoms with Gasteiger partial charge in [-0.1, -0.05) is 6.42 Å². The predicted octanol–water partition coefficient (Wildman–Crippen LogP) is 5.28. The van der Waals surface area contributed by atoms with Gasteiger partial charge in [0.05, 0.1) is 18.8 Å². The SMILES string of the molecule is C=C(OC(C)(C)C)N1CC(F)(F)CC1C(=O)NCc1cnc(-c2ccc(NCC3(c4ncccc4F)CCC3)nn2)s1. The number of hydrogen-bond acceptors (Lipinski definition) is 9. The van der Waals surface area contributed by atoms with Crippen molar-refractivity contribution < 1.29 is 22.7 Å². The molecule has 4 heterocycles. The Morgan fingerprint density at radius 3 is 2.64 bits per heavy atom. The van der Waals surface area contributed by atoms with Crippen molar-refractivity contribution in [1.82, 2.24) is 30.4 Å². The first-order valence-electron chi connectivity index (χ1n) is 13.8. The molecule has 2 N–H and O–H groups in total. The van der Waals surface area contributed by atoms with Gasteiger partial charge in [-0.05, 0) is 64.5 Å². The minimum absolute atomic E-state index is 0.0446. The third-order valence-corrected chi connectivity index (χ3v) is 8.39. The topological polar surface area (TPSA) is 105 Å². The number of hydrogen-bond donors (Lipinski definition) is 2. The smallest absolute Gasteiger partial charge is 0.267 e. The van der Waals surface area contributed by atoms with Gasteiger partial charge in [0.2, 0.25) is 5.91 Å². The van der Waals surface area contributed by atoms with Crippen molar-refractivity contribution >= 4 is 23.1 Å². The molecule has 9 nitrogen and oxygen atoms in total. The molecule has 2 aliphatic rings. The Morgan fingerprint density at radius 1 is 1.21 bits per heavy atom. The standard InChI is InChI=1S/C29H34F3N7O2S/c1-18(41-27(2,3)4)39-17-29(31,32)13-22(39)25(40)34-14-19-15-35-26(42-19)21-8-9-23(38-37-21)36-16-28(10-6-11-28)24-20(30)7-5-12-33-24/h5,7-9,12,15,22H,1,6,10-11,13-14,16-17H2,2-4H3,(H,34,40)(H,36,38). The zero-order chi connectivity index (χ0) is 30.1. The number of likely N-dealkylation sites (tertiary alicyclic amines) is 1. The maximum Gasteiger partial charge on any atom is 0.267 e. The van der Waals surface area contributed by atoms with Crippen LogP contribution in [0.25, 0.3) is 10.7 Å². The van der Waals surface area contributed by atoms with Crippen molar-refractivity contribution in [2.75, 3.05) is 18.4 Å². The molecule has 1 unspecified atom stereocenters. The van der Waals surface area contributed by atoms with Crippen LogP contribution in [0.3, 0.4) is 0 Å². The number of halogens is 3. The molecule has 13 heteroatoms. The lowest BCUT2D eigenvalue weighted by atomic mass is 9.66. The van der Waals surface area contributed by atoms with Crippen LogP contribution >= 0.6 is 11.3 Å². The number of amides is 1. The molecule has 0 radical (unpaired) electrons. The number of thiazole rings is 1. The summed E-state index contributed by atoms with van der Waals surface area (Å²) in [6.45, 7) is 9.12. The first kappa shape index (κ1) is 29.7. The molecule has 1 aliphatic carbocycles. The first-order chi connectivity index (χ1) is 19.8. The molecule has 0 bridgehead atoms. The average Bonchev–Trinajstić information content (AvgIpc) is 3.51. The van der Waals surface area contributed by atoms with Gasteiger partial charge in [0.1, 0.15) is 34.0 Å². The lowest BCUT2D eigenvalue weighted by molar-refractivity contribution is -0.126. The molecular formula is C29H34F3N7O2S. The van der Waals surface area contributed by atoms with Crippen molar-refractivity contribution in [1.29, 1.82) is 0 Å². The molecule has 1 atom stereocenters. The van der Waals surface area contributed by atoms with Gasteiger partial charge in [0.15, 0.2) is 5.88 Å². The molecule has 3 aromatic rings. The van der Waals surface area contributed by atoms with Crippen LogP contribution in [0.15, 0.2) is 49.1 Å². The van der Waals surface area contributed by atoms with Gasteiger partial charge in [0, 0.05) is 35.7 Å². The van der Waals surface area contributed by atoms with Crippen LogP contribution in [0.5, 0.6) is 0 Å². The number of pyridine rings is 1. The molecule has 3 aromatic heterocycles. The number of carbonyl (C=O) groups is 1. The summed E-state index contributed by atoms with van der Waals surface area (Å²) in [6.07, 6.45) is 5.31. The highest BCUT2D eigenvalue weighted by Crippen LogP contribution is 2.43. The summed E-state index contributed by atoms with van der Waals surface area (Å²) in [7, 11) is 0. The second-order valence-electron chi connectivity index (χ2n) is 11.8. The third kappa shape index (κ3) is 6.66. The first-order valence-corrected chi connectivity index (χ1v) is 14.6. The number of rotatable bonds is 10. The largest absolute Gasteiger partial charge is 0.474 e. The van der Waals surface area contributed by atoms with Gasteiger partial charge in [0.25, 0.3) is 5.92 Å². The Labute approximate surface area is 246 Å². The molecule has 2 fully saturated rings. The van der Waals surface area contributed by atoms with E-state index in [0.29, 0.717) is 28.8 Å². The molecular weight excluding hydrogens is 567 g/mol. The van der Waals surface area contributed by atoms with Crippen molar-refractivity contribution in [2.45, 2.75) is 76.0 Å². The molecule has 224 valence electrons. The summed E-state index contributed by atoms with van der Waals surface area (Å²) < 4.78 is 48.5. The van der Waals surface area contributed by atoms with Crippen LogP contribution < -0.4 is 10.6 Å². The van der Waals surface area contributed by atoms with Crippen LogP contribution in [-0.4, -0.2) is 61.6 Å². The molecule has 1 aliphatic heterocycles. The van der Waals surface area contributed by atoms with Crippen molar-refractivity contribution in [3.63, 3.8) is 0 Å². The van der Waals surface area contributed by atoms with E-state index in [1.807, 2.05) is 0 Å². The van der Waals surface area contributed by atoms with Crippen LogP contribution in [-0.2, 0) is 21.5 Å². The Bertz CT molecular complexity index is 1440. The Balaban J connectivity index is 1.17. The minimum atomic E-state index is -3.03. The van der Waals surface area contributed by atoms with Crippen molar-refractivity contribution in [2.24, 2.45) is 0 Å². The van der Waals surface area contributed by atoms with Gasteiger partial charge in [-0.15, -0.1) is 21.5 Å². The predicted molar refractivity (Wildman–Crippen MR) is 153 cm³/mol. The monoisotopic (exact) mass is 601 g/mol. The van der Waals surface area contributed by atoms with E-state index in [-0.39, 0.29) is 23.7 Å². The summed E-state index contributed by atoms with van der Waals surface area (Å²) in [5.74, 6) is -3.26. The number of alkyl halides is 2. The van der Waals surface area contributed by atoms with E-state index in [2.05, 4.69) is 37.4 Å². The van der Waals surface area contributed by atoms with Gasteiger partial charge in [-0.3, -0.25) is 9.78 Å². The van der Waals surface area contributed by atoms with Crippen LogP contribution in [0.2, 0.25) is 0 Å². The Kier molecular flexibility index (Phi) is 8.15. The highest BCUT2D eigenvalue weighted by molar-refractivity contribution is 7.15. The van der Waals surface area contributed by atoms with Crippen LogP contribution in [0.4, 0.5) is 19.0 Å². The molecule has 0 spiro atoms. The summed E-state index contributed by atoms with van der Waals surface area (Å²) in [4.78, 5) is 23.5. The van der Waals surface area contributed by atoms with Gasteiger partial charge in [-0.2, -0.15) is 0 Å². The number of nitrogens with one attached hydrogen (secondary N) is 2. The fourth-order valence-electron chi connectivity index (χ4n) is 5.20. The van der Waals surface area contributed by atoms with E-state index in [9.17, 15) is 18.0 Å². The fourth-order valence-corrected chi connectivity index (χ4v) is 6.02. The van der Waals surface area contributed by atoms with E-state index in [1.54, 1.807) is 51.4 Å². The van der Waals surface area contributed by atoms with Gasteiger partial charge in [-0.25, -0.2) is 18.2 Å². The maximum atomic E-state index is 14.4. The highest BCUT2D eigenvalue weighted by atomic mass is 32.1. The van der Waals surface area contributed by atoms with E-state index >= 15 is 0 Å². The summed E-state index contributed by atoms with van der Waals surface area (Å²) in [6, 6.07) is 5.50. The summed E-state index contributed by atoms with van der Waals surface area (Å²) in [5.41, 5.74) is 0.0329. The molecule has 0 aromatic carbocycles. The second-order valence-corrected chi connectivity index (χ2v) is 12.9. The maximum absolute atomic E-state index is 14.4.